The molecule has 0 aromatic carbocycles. The molecule has 1 unspecified atom stereocenters. The normalized spacial score (nSPS) is 12.8. The zero-order valence-electron chi connectivity index (χ0n) is 12.4. The average molecular weight is 296 g/mol. The number of rotatable bonds is 7. The molecule has 0 bridgehead atoms. The van der Waals surface area contributed by atoms with Crippen molar-refractivity contribution in [1.29, 1.82) is 0 Å². The summed E-state index contributed by atoms with van der Waals surface area (Å²) >= 11 is 6.15. The molecule has 2 aromatic heterocycles. The van der Waals surface area contributed by atoms with E-state index in [2.05, 4.69) is 34.2 Å². The Morgan fingerprint density at radius 2 is 2.15 bits per heavy atom. The van der Waals surface area contributed by atoms with Crippen molar-refractivity contribution in [3.05, 3.63) is 17.0 Å². The number of fused-ring (bicyclic) bond motifs is 1. The first-order chi connectivity index (χ1) is 9.63. The first-order valence-corrected chi connectivity index (χ1v) is 7.63. The van der Waals surface area contributed by atoms with E-state index in [1.807, 2.05) is 6.92 Å². The van der Waals surface area contributed by atoms with Crippen LogP contribution >= 0.6 is 11.6 Å². The summed E-state index contributed by atoms with van der Waals surface area (Å²) in [5, 5.41) is 8.18. The number of nitrogens with one attached hydrogen (secondary N) is 1. The van der Waals surface area contributed by atoms with Crippen LogP contribution in [0.5, 0.6) is 0 Å². The SMILES string of the molecule is CCCCCCC(C)Nc1c(C)c(Cl)nc2ncnn12. The van der Waals surface area contributed by atoms with Gasteiger partial charge in [-0.05, 0) is 20.3 Å². The van der Waals surface area contributed by atoms with Gasteiger partial charge in [0.05, 0.1) is 0 Å². The summed E-state index contributed by atoms with van der Waals surface area (Å²) in [5.74, 6) is 1.42. The van der Waals surface area contributed by atoms with Crippen molar-refractivity contribution in [3.63, 3.8) is 0 Å². The third kappa shape index (κ3) is 3.39. The van der Waals surface area contributed by atoms with Crippen LogP contribution in [-0.2, 0) is 0 Å². The Morgan fingerprint density at radius 1 is 1.35 bits per heavy atom. The predicted molar refractivity (Wildman–Crippen MR) is 82.4 cm³/mol. The van der Waals surface area contributed by atoms with Crippen LogP contribution in [0.3, 0.4) is 0 Å². The Balaban J connectivity index is 2.08. The molecule has 20 heavy (non-hydrogen) atoms. The highest BCUT2D eigenvalue weighted by atomic mass is 35.5. The lowest BCUT2D eigenvalue weighted by molar-refractivity contribution is 0.591. The molecule has 0 saturated carbocycles. The summed E-state index contributed by atoms with van der Waals surface area (Å²) in [5.41, 5.74) is 0.907. The molecular weight excluding hydrogens is 274 g/mol. The minimum atomic E-state index is 0.372. The predicted octanol–water partition coefficient (Wildman–Crippen LogP) is 3.86. The van der Waals surface area contributed by atoms with Gasteiger partial charge in [0.15, 0.2) is 0 Å². The summed E-state index contributed by atoms with van der Waals surface area (Å²) in [6, 6.07) is 0.372. The molecule has 0 aliphatic rings. The molecule has 2 heterocycles. The fourth-order valence-corrected chi connectivity index (χ4v) is 2.41. The van der Waals surface area contributed by atoms with E-state index in [4.69, 9.17) is 11.6 Å². The molecule has 0 fully saturated rings. The molecule has 6 heteroatoms. The molecule has 110 valence electrons. The number of hydrogen-bond donors (Lipinski definition) is 1. The van der Waals surface area contributed by atoms with Crippen LogP contribution in [0.15, 0.2) is 6.33 Å². The van der Waals surface area contributed by atoms with E-state index in [0.717, 1.165) is 17.8 Å². The highest BCUT2D eigenvalue weighted by molar-refractivity contribution is 6.30. The molecule has 1 atom stereocenters. The van der Waals surface area contributed by atoms with E-state index < -0.39 is 0 Å². The monoisotopic (exact) mass is 295 g/mol. The zero-order valence-corrected chi connectivity index (χ0v) is 13.1. The zero-order chi connectivity index (χ0) is 14.5. The van der Waals surface area contributed by atoms with Crippen LogP contribution in [0.25, 0.3) is 5.78 Å². The molecule has 0 saturated heterocycles. The summed E-state index contributed by atoms with van der Waals surface area (Å²) in [4.78, 5) is 8.30. The maximum absolute atomic E-state index is 6.15. The lowest BCUT2D eigenvalue weighted by atomic mass is 10.1. The van der Waals surface area contributed by atoms with Gasteiger partial charge in [0, 0.05) is 11.6 Å². The van der Waals surface area contributed by atoms with E-state index in [0.29, 0.717) is 17.0 Å². The Morgan fingerprint density at radius 3 is 2.90 bits per heavy atom. The van der Waals surface area contributed by atoms with Gasteiger partial charge in [-0.3, -0.25) is 0 Å². The first kappa shape index (κ1) is 15.0. The first-order valence-electron chi connectivity index (χ1n) is 7.25. The van der Waals surface area contributed by atoms with Crippen molar-refractivity contribution < 1.29 is 0 Å². The van der Waals surface area contributed by atoms with Crippen molar-refractivity contribution in [2.24, 2.45) is 0 Å². The smallest absolute Gasteiger partial charge is 0.255 e. The van der Waals surface area contributed by atoms with Gasteiger partial charge >= 0.3 is 0 Å². The van der Waals surface area contributed by atoms with Crippen LogP contribution < -0.4 is 5.32 Å². The van der Waals surface area contributed by atoms with Gasteiger partial charge in [-0.25, -0.2) is 0 Å². The molecule has 0 aliphatic heterocycles. The summed E-state index contributed by atoms with van der Waals surface area (Å²) in [6.07, 6.45) is 7.73. The van der Waals surface area contributed by atoms with Crippen molar-refractivity contribution >= 4 is 23.2 Å². The van der Waals surface area contributed by atoms with Crippen LogP contribution in [0.1, 0.15) is 51.5 Å². The Hall–Kier alpha value is -1.36. The van der Waals surface area contributed by atoms with Gasteiger partial charge in [-0.1, -0.05) is 44.2 Å². The number of unbranched alkanes of at least 4 members (excludes halogenated alkanes) is 3. The van der Waals surface area contributed by atoms with E-state index >= 15 is 0 Å². The van der Waals surface area contributed by atoms with Gasteiger partial charge in [-0.2, -0.15) is 19.6 Å². The van der Waals surface area contributed by atoms with E-state index in [1.54, 1.807) is 4.52 Å². The number of halogens is 1. The van der Waals surface area contributed by atoms with Crippen LogP contribution in [0, 0.1) is 6.92 Å². The van der Waals surface area contributed by atoms with Crippen LogP contribution in [-0.4, -0.2) is 25.6 Å². The third-order valence-electron chi connectivity index (χ3n) is 3.48. The second-order valence-electron chi connectivity index (χ2n) is 5.24. The second-order valence-corrected chi connectivity index (χ2v) is 5.60. The quantitative estimate of drug-likeness (QED) is 0.622. The summed E-state index contributed by atoms with van der Waals surface area (Å²) in [7, 11) is 0. The Kier molecular flexibility index (Phi) is 5.17. The van der Waals surface area contributed by atoms with Gasteiger partial charge in [0.25, 0.3) is 5.78 Å². The molecule has 0 spiro atoms. The van der Waals surface area contributed by atoms with Crippen molar-refractivity contribution in [2.45, 2.75) is 58.9 Å². The fourth-order valence-electron chi connectivity index (χ4n) is 2.25. The number of nitrogens with zero attached hydrogens (tertiary/aromatic N) is 4. The molecule has 0 amide bonds. The van der Waals surface area contributed by atoms with Crippen LogP contribution in [0.2, 0.25) is 5.15 Å². The van der Waals surface area contributed by atoms with Gasteiger partial charge in [0.2, 0.25) is 0 Å². The summed E-state index contributed by atoms with van der Waals surface area (Å²) < 4.78 is 1.71. The van der Waals surface area contributed by atoms with E-state index in [9.17, 15) is 0 Å². The van der Waals surface area contributed by atoms with Crippen molar-refractivity contribution in [1.82, 2.24) is 19.6 Å². The molecule has 0 radical (unpaired) electrons. The molecule has 1 N–H and O–H groups in total. The van der Waals surface area contributed by atoms with Crippen molar-refractivity contribution in [3.8, 4) is 0 Å². The lowest BCUT2D eigenvalue weighted by Crippen LogP contribution is -2.19. The minimum Gasteiger partial charge on any atom is -0.367 e. The number of aromatic nitrogens is 4. The molecular formula is C14H22ClN5. The van der Waals surface area contributed by atoms with Gasteiger partial charge in [-0.15, -0.1) is 0 Å². The second kappa shape index (κ2) is 6.88. The van der Waals surface area contributed by atoms with Gasteiger partial charge < -0.3 is 5.32 Å². The Bertz CT molecular complexity index is 566. The fraction of sp³-hybridized carbons (Fsp3) is 0.643. The topological polar surface area (TPSA) is 55.1 Å². The van der Waals surface area contributed by atoms with E-state index in [1.165, 1.54) is 32.0 Å². The number of anilines is 1. The van der Waals surface area contributed by atoms with E-state index in [-0.39, 0.29) is 0 Å². The molecule has 2 rings (SSSR count). The Labute approximate surface area is 124 Å². The van der Waals surface area contributed by atoms with Crippen LogP contribution in [0.4, 0.5) is 5.82 Å². The maximum Gasteiger partial charge on any atom is 0.255 e. The molecule has 2 aromatic rings. The lowest BCUT2D eigenvalue weighted by Gasteiger charge is -2.17. The molecule has 0 aliphatic carbocycles. The highest BCUT2D eigenvalue weighted by Crippen LogP contribution is 2.23. The van der Waals surface area contributed by atoms with Gasteiger partial charge in [0.1, 0.15) is 17.3 Å². The van der Waals surface area contributed by atoms with Crippen molar-refractivity contribution in [2.75, 3.05) is 5.32 Å². The average Bonchev–Trinajstić information content (AvgIpc) is 2.88. The highest BCUT2D eigenvalue weighted by Gasteiger charge is 2.13. The number of hydrogen-bond acceptors (Lipinski definition) is 4. The summed E-state index contributed by atoms with van der Waals surface area (Å²) in [6.45, 7) is 6.36. The minimum absolute atomic E-state index is 0.372. The molecule has 5 nitrogen and oxygen atoms in total. The standard InChI is InChI=1S/C14H22ClN5/c1-4-5-6-7-8-10(2)18-13-11(3)12(15)19-14-16-9-17-20(13)14/h9-10,18H,4-8H2,1-3H3. The largest absolute Gasteiger partial charge is 0.367 e. The maximum atomic E-state index is 6.15. The third-order valence-corrected chi connectivity index (χ3v) is 3.85.